The number of aromatic nitrogens is 2. The number of rotatable bonds is 9. The van der Waals surface area contributed by atoms with E-state index in [1.165, 1.54) is 14.4 Å². The highest BCUT2D eigenvalue weighted by Crippen LogP contribution is 2.38. The smallest absolute Gasteiger partial charge is 0.274 e. The van der Waals surface area contributed by atoms with Crippen LogP contribution in [0.15, 0.2) is 76.6 Å². The number of amides is 4. The molecular weight excluding hydrogens is 953 g/mol. The number of pyridine rings is 2. The van der Waals surface area contributed by atoms with E-state index in [1.54, 1.807) is 44.2 Å². The fourth-order valence-electron chi connectivity index (χ4n) is 9.22. The molecule has 3 aromatic carbocycles. The summed E-state index contributed by atoms with van der Waals surface area (Å²) in [5.74, 6) is -11.8. The minimum atomic E-state index is -1.39. The minimum absolute atomic E-state index is 0.00351. The zero-order chi connectivity index (χ0) is 51.2. The highest BCUT2D eigenvalue weighted by Gasteiger charge is 2.44. The number of hydrogen-bond acceptors (Lipinski definition) is 8. The highest BCUT2D eigenvalue weighted by molar-refractivity contribution is 6.00. The maximum absolute atomic E-state index is 15.3. The standard InChI is InChI=1S/C28H25F4N3O4.C21H19F4N3O4/c1-15-7-8-20(30)23-13-34(15)28(38)24-26(39-14-16-5-3-2-4-6-16)25(36)19(12-35(23)24)27(37)33-11-18-21(31)9-17(29)10-22(18)32;1-9-2-3-13(23)16-8-27(9)21(32)17-19(30)18(29)12(7-28(16)17)20(31)26-6-11-14(24)4-10(22)5-15(11)25/h2-6,9-10,12,15,20,23H,7-8,11,13-14H2,1H3,(H,33,37);4-5,7,9,13,16,30H,2-3,6,8H2,1H3,(H,26,31)/t15-,20-,23+;9-,13-,16+/m00/s1. The summed E-state index contributed by atoms with van der Waals surface area (Å²) in [5, 5.41) is 14.8. The van der Waals surface area contributed by atoms with E-state index in [-0.39, 0.29) is 50.3 Å². The van der Waals surface area contributed by atoms with Crippen LogP contribution >= 0.6 is 0 Å². The van der Waals surface area contributed by atoms with E-state index < -0.39 is 146 Å². The summed E-state index contributed by atoms with van der Waals surface area (Å²) < 4.78 is 120. The number of aromatic hydroxyl groups is 1. The number of carbonyl (C=O) groups excluding carboxylic acids is 4. The largest absolute Gasteiger partial charge is 0.503 e. The Bertz CT molecular complexity index is 3040. The maximum atomic E-state index is 15.3. The molecule has 9 rings (SSSR count). The molecule has 4 aliphatic heterocycles. The van der Waals surface area contributed by atoms with Crippen LogP contribution in [0.1, 0.15) is 110 Å². The van der Waals surface area contributed by atoms with Crippen molar-refractivity contribution in [2.45, 2.75) is 95.7 Å². The number of nitrogens with zero attached hydrogens (tertiary/aromatic N) is 4. The fraction of sp³-hybridized carbons (Fsp3) is 0.347. The SMILES string of the molecule is C[C@H]1CC[C@H](F)[C@H]2CN1C(=O)c1c(O)c(=O)c(C(=O)NCc3c(F)cc(F)cc3F)cn12.C[C@H]1CC[C@H](F)[C@H]2CN1C(=O)c1c(OCc3ccccc3)c(=O)c(C(=O)NCc3c(F)cc(F)cc3F)cn12. The van der Waals surface area contributed by atoms with Crippen molar-refractivity contribution < 1.29 is 64.1 Å². The van der Waals surface area contributed by atoms with Gasteiger partial charge < -0.3 is 39.4 Å². The Morgan fingerprint density at radius 3 is 1.52 bits per heavy atom. The van der Waals surface area contributed by atoms with E-state index in [4.69, 9.17) is 4.74 Å². The van der Waals surface area contributed by atoms with E-state index in [0.717, 1.165) is 17.0 Å². The number of alkyl halides is 2. The Kier molecular flexibility index (Phi) is 14.1. The first-order valence-electron chi connectivity index (χ1n) is 22.4. The molecule has 0 radical (unpaired) electrons. The molecule has 2 saturated heterocycles. The lowest BCUT2D eigenvalue weighted by Crippen LogP contribution is -2.49. The molecule has 2 fully saturated rings. The van der Waals surface area contributed by atoms with Gasteiger partial charge in [-0.3, -0.25) is 28.8 Å². The molecule has 2 aromatic heterocycles. The predicted molar refractivity (Wildman–Crippen MR) is 236 cm³/mol. The van der Waals surface area contributed by atoms with Gasteiger partial charge >= 0.3 is 0 Å². The van der Waals surface area contributed by atoms with E-state index in [0.29, 0.717) is 42.7 Å². The number of carbonyl (C=O) groups is 4. The van der Waals surface area contributed by atoms with Gasteiger partial charge in [-0.1, -0.05) is 30.3 Å². The van der Waals surface area contributed by atoms with Crippen LogP contribution in [0, 0.1) is 34.9 Å². The Hall–Kier alpha value is -7.52. The summed E-state index contributed by atoms with van der Waals surface area (Å²) in [6.45, 7) is 2.10. The summed E-state index contributed by atoms with van der Waals surface area (Å²) in [4.78, 5) is 81.1. The van der Waals surface area contributed by atoms with Crippen LogP contribution in [-0.4, -0.2) is 85.2 Å². The third-order valence-corrected chi connectivity index (χ3v) is 13.2. The molecule has 374 valence electrons. The first-order chi connectivity index (χ1) is 33.7. The number of nitrogens with one attached hydrogen (secondary N) is 2. The lowest BCUT2D eigenvalue weighted by molar-refractivity contribution is 0.0566. The molecule has 5 aromatic rings. The molecule has 0 saturated carbocycles. The summed E-state index contributed by atoms with van der Waals surface area (Å²) in [5.41, 5.74) is -4.33. The first kappa shape index (κ1) is 49.9. The quantitative estimate of drug-likeness (QED) is 0.137. The summed E-state index contributed by atoms with van der Waals surface area (Å²) >= 11 is 0. The van der Waals surface area contributed by atoms with Gasteiger partial charge in [-0.2, -0.15) is 0 Å². The van der Waals surface area contributed by atoms with Gasteiger partial charge in [0, 0.05) is 86.0 Å². The summed E-state index contributed by atoms with van der Waals surface area (Å²) in [6.07, 6.45) is 0.449. The lowest BCUT2D eigenvalue weighted by atomic mass is 10.0. The molecule has 6 atom stereocenters. The summed E-state index contributed by atoms with van der Waals surface area (Å²) in [6, 6.07) is 8.28. The molecule has 4 aliphatic rings. The predicted octanol–water partition coefficient (Wildman–Crippen LogP) is 6.71. The number of benzene rings is 3. The van der Waals surface area contributed by atoms with Gasteiger partial charge in [0.15, 0.2) is 22.9 Å². The van der Waals surface area contributed by atoms with Gasteiger partial charge in [-0.15, -0.1) is 0 Å². The number of ether oxygens (including phenoxy) is 1. The lowest BCUT2D eigenvalue weighted by Gasteiger charge is -2.38. The maximum Gasteiger partial charge on any atom is 0.274 e. The highest BCUT2D eigenvalue weighted by atomic mass is 19.2. The Labute approximate surface area is 398 Å². The van der Waals surface area contributed by atoms with Gasteiger partial charge in [0.1, 0.15) is 65.0 Å². The molecule has 0 spiro atoms. The molecule has 6 heterocycles. The molecule has 14 nitrogen and oxygen atoms in total. The number of hydrogen-bond donors (Lipinski definition) is 3. The topological polar surface area (TPSA) is 172 Å². The first-order valence-corrected chi connectivity index (χ1v) is 22.4. The van der Waals surface area contributed by atoms with Crippen LogP contribution in [0.5, 0.6) is 11.5 Å². The van der Waals surface area contributed by atoms with Gasteiger partial charge in [0.25, 0.3) is 23.6 Å². The molecule has 0 unspecified atom stereocenters. The number of fused-ring (bicyclic) bond motifs is 8. The van der Waals surface area contributed by atoms with Crippen molar-refractivity contribution in [1.29, 1.82) is 0 Å². The fourth-order valence-corrected chi connectivity index (χ4v) is 9.22. The van der Waals surface area contributed by atoms with Crippen LogP contribution in [0.3, 0.4) is 0 Å². The van der Waals surface area contributed by atoms with E-state index in [2.05, 4.69) is 10.6 Å². The van der Waals surface area contributed by atoms with Gasteiger partial charge in [-0.05, 0) is 45.1 Å². The minimum Gasteiger partial charge on any atom is -0.503 e. The molecule has 22 heteroatoms. The van der Waals surface area contributed by atoms with Crippen LogP contribution in [0.25, 0.3) is 0 Å². The normalized spacial score (nSPS) is 21.2. The van der Waals surface area contributed by atoms with Crippen molar-refractivity contribution in [2.24, 2.45) is 0 Å². The van der Waals surface area contributed by atoms with Crippen LogP contribution in [0.2, 0.25) is 0 Å². The molecular formula is C49H44F8N6O8. The van der Waals surface area contributed by atoms with Gasteiger partial charge in [0.2, 0.25) is 10.9 Å². The Morgan fingerprint density at radius 2 is 1.06 bits per heavy atom. The van der Waals surface area contributed by atoms with E-state index in [1.807, 2.05) is 0 Å². The van der Waals surface area contributed by atoms with Crippen molar-refractivity contribution in [3.8, 4) is 11.5 Å². The van der Waals surface area contributed by atoms with Crippen LogP contribution < -0.4 is 26.2 Å². The molecule has 0 aliphatic carbocycles. The van der Waals surface area contributed by atoms with Crippen molar-refractivity contribution in [3.05, 3.63) is 162 Å². The monoisotopic (exact) mass is 996 g/mol. The van der Waals surface area contributed by atoms with Crippen molar-refractivity contribution in [1.82, 2.24) is 29.6 Å². The van der Waals surface area contributed by atoms with E-state index in [9.17, 15) is 64.6 Å². The van der Waals surface area contributed by atoms with Crippen LogP contribution in [0.4, 0.5) is 35.1 Å². The molecule has 4 bridgehead atoms. The van der Waals surface area contributed by atoms with Gasteiger partial charge in [-0.25, -0.2) is 35.1 Å². The number of halogens is 8. The van der Waals surface area contributed by atoms with Crippen LogP contribution in [-0.2, 0) is 19.7 Å². The Balaban J connectivity index is 0.000000194. The molecule has 4 amide bonds. The third-order valence-electron chi connectivity index (χ3n) is 13.2. The van der Waals surface area contributed by atoms with Crippen molar-refractivity contribution >= 4 is 23.6 Å². The molecule has 3 N–H and O–H groups in total. The zero-order valence-electron chi connectivity index (χ0n) is 37.8. The summed E-state index contributed by atoms with van der Waals surface area (Å²) in [7, 11) is 0. The van der Waals surface area contributed by atoms with Crippen molar-refractivity contribution in [3.63, 3.8) is 0 Å². The van der Waals surface area contributed by atoms with Gasteiger partial charge in [0.05, 0.1) is 12.1 Å². The average Bonchev–Trinajstić information content (AvgIpc) is 3.54. The van der Waals surface area contributed by atoms with Crippen molar-refractivity contribution in [2.75, 3.05) is 13.1 Å². The van der Waals surface area contributed by atoms with E-state index >= 15 is 4.39 Å². The second-order valence-electron chi connectivity index (χ2n) is 17.7. The third kappa shape index (κ3) is 9.70. The second-order valence-corrected chi connectivity index (χ2v) is 17.7. The second kappa shape index (κ2) is 20.1. The Morgan fingerprint density at radius 1 is 0.634 bits per heavy atom. The average molecular weight is 997 g/mol. The molecule has 71 heavy (non-hydrogen) atoms. The zero-order valence-corrected chi connectivity index (χ0v) is 37.8.